The van der Waals surface area contributed by atoms with Gasteiger partial charge in [-0.05, 0) is 23.6 Å². The van der Waals surface area contributed by atoms with Crippen molar-refractivity contribution < 1.29 is 19.0 Å². The molecule has 2 heterocycles. The lowest BCUT2D eigenvalue weighted by Crippen LogP contribution is -2.41. The fourth-order valence-electron chi connectivity index (χ4n) is 2.08. The van der Waals surface area contributed by atoms with Crippen LogP contribution >= 0.6 is 11.3 Å². The number of benzene rings is 1. The molecule has 11 heteroatoms. The summed E-state index contributed by atoms with van der Waals surface area (Å²) in [4.78, 5) is 38.8. The third-order valence-corrected chi connectivity index (χ3v) is 4.30. The standard InChI is InChI=1S/C16H13N5O5S/c22-13(7-8-14-17-15(20-26-14)12-2-1-9-27-12)18-19-16(23)10-3-5-11(6-4-10)21(24)25/h1-6,9H,7-8H2,(H,18,22)(H,19,23). The van der Waals surface area contributed by atoms with E-state index in [0.29, 0.717) is 11.7 Å². The van der Waals surface area contributed by atoms with Crippen molar-refractivity contribution in [1.82, 2.24) is 21.0 Å². The molecule has 2 amide bonds. The first-order valence-corrected chi connectivity index (χ1v) is 8.61. The molecule has 0 spiro atoms. The zero-order valence-electron chi connectivity index (χ0n) is 13.7. The molecule has 2 N–H and O–H groups in total. The second-order valence-corrected chi connectivity index (χ2v) is 6.24. The molecule has 0 aliphatic heterocycles. The average molecular weight is 387 g/mol. The van der Waals surface area contributed by atoms with Gasteiger partial charge in [-0.25, -0.2) is 0 Å². The summed E-state index contributed by atoms with van der Waals surface area (Å²) in [5.74, 6) is -0.251. The molecule has 27 heavy (non-hydrogen) atoms. The van der Waals surface area contributed by atoms with Crippen LogP contribution in [0.4, 0.5) is 5.69 Å². The van der Waals surface area contributed by atoms with Crippen LogP contribution in [0.25, 0.3) is 10.7 Å². The minimum Gasteiger partial charge on any atom is -0.339 e. The average Bonchev–Trinajstić information content (AvgIpc) is 3.35. The van der Waals surface area contributed by atoms with Gasteiger partial charge in [0.2, 0.25) is 17.6 Å². The van der Waals surface area contributed by atoms with Gasteiger partial charge in [0.05, 0.1) is 9.80 Å². The molecule has 0 atom stereocenters. The van der Waals surface area contributed by atoms with Gasteiger partial charge in [-0.1, -0.05) is 11.2 Å². The fourth-order valence-corrected chi connectivity index (χ4v) is 2.73. The monoisotopic (exact) mass is 387 g/mol. The molecular weight excluding hydrogens is 374 g/mol. The SMILES string of the molecule is O=C(CCc1nc(-c2cccs2)no1)NNC(=O)c1ccc([N+](=O)[O-])cc1. The van der Waals surface area contributed by atoms with Crippen molar-refractivity contribution in [2.45, 2.75) is 12.8 Å². The summed E-state index contributed by atoms with van der Waals surface area (Å²) >= 11 is 1.48. The summed E-state index contributed by atoms with van der Waals surface area (Å²) < 4.78 is 5.09. The number of hydrazine groups is 1. The molecule has 0 aliphatic carbocycles. The lowest BCUT2D eigenvalue weighted by molar-refractivity contribution is -0.384. The molecule has 0 unspecified atom stereocenters. The number of nitrogens with one attached hydrogen (secondary N) is 2. The summed E-state index contributed by atoms with van der Waals surface area (Å²) in [5.41, 5.74) is 4.55. The molecule has 0 saturated heterocycles. The summed E-state index contributed by atoms with van der Waals surface area (Å²) in [6.45, 7) is 0. The minimum absolute atomic E-state index is 0.0343. The quantitative estimate of drug-likeness (QED) is 0.487. The van der Waals surface area contributed by atoms with Crippen LogP contribution in [-0.4, -0.2) is 26.9 Å². The second kappa shape index (κ2) is 8.19. The van der Waals surface area contributed by atoms with E-state index < -0.39 is 16.7 Å². The number of hydrogen-bond acceptors (Lipinski definition) is 8. The van der Waals surface area contributed by atoms with Gasteiger partial charge >= 0.3 is 0 Å². The number of carbonyl (C=O) groups is 2. The largest absolute Gasteiger partial charge is 0.339 e. The molecule has 1 aromatic carbocycles. The molecule has 138 valence electrons. The van der Waals surface area contributed by atoms with Gasteiger partial charge < -0.3 is 4.52 Å². The third-order valence-electron chi connectivity index (χ3n) is 3.43. The molecule has 2 aromatic heterocycles. The Hall–Kier alpha value is -3.60. The van der Waals surface area contributed by atoms with E-state index in [1.807, 2.05) is 17.5 Å². The zero-order valence-corrected chi connectivity index (χ0v) is 14.6. The van der Waals surface area contributed by atoms with E-state index in [4.69, 9.17) is 4.52 Å². The van der Waals surface area contributed by atoms with Crippen LogP contribution in [0.5, 0.6) is 0 Å². The molecule has 0 fully saturated rings. The van der Waals surface area contributed by atoms with Gasteiger partial charge in [-0.15, -0.1) is 11.3 Å². The maximum Gasteiger partial charge on any atom is 0.269 e. The van der Waals surface area contributed by atoms with E-state index in [1.54, 1.807) is 0 Å². The molecule has 0 saturated carbocycles. The lowest BCUT2D eigenvalue weighted by atomic mass is 10.2. The number of rotatable bonds is 6. The summed E-state index contributed by atoms with van der Waals surface area (Å²) in [7, 11) is 0. The Morgan fingerprint density at radius 1 is 1.19 bits per heavy atom. The third kappa shape index (κ3) is 4.73. The van der Waals surface area contributed by atoms with Crippen LogP contribution in [0.1, 0.15) is 22.7 Å². The van der Waals surface area contributed by atoms with Crippen molar-refractivity contribution in [2.24, 2.45) is 0 Å². The molecule has 0 bridgehead atoms. The Morgan fingerprint density at radius 3 is 2.63 bits per heavy atom. The van der Waals surface area contributed by atoms with Crippen molar-refractivity contribution in [1.29, 1.82) is 0 Å². The molecule has 3 aromatic rings. The Morgan fingerprint density at radius 2 is 1.96 bits per heavy atom. The zero-order chi connectivity index (χ0) is 19.2. The highest BCUT2D eigenvalue weighted by Gasteiger charge is 2.13. The number of thiophene rings is 1. The number of nitrogens with zero attached hydrogens (tertiary/aromatic N) is 3. The van der Waals surface area contributed by atoms with Crippen LogP contribution in [0.3, 0.4) is 0 Å². The van der Waals surface area contributed by atoms with Crippen LogP contribution in [0.2, 0.25) is 0 Å². The summed E-state index contributed by atoms with van der Waals surface area (Å²) in [6, 6.07) is 8.74. The van der Waals surface area contributed by atoms with Gasteiger partial charge in [0, 0.05) is 30.5 Å². The maximum atomic E-state index is 11.9. The highest BCUT2D eigenvalue weighted by Crippen LogP contribution is 2.21. The Balaban J connectivity index is 1.45. The van der Waals surface area contributed by atoms with Gasteiger partial charge in [0.1, 0.15) is 0 Å². The molecule has 10 nitrogen and oxygen atoms in total. The van der Waals surface area contributed by atoms with E-state index in [-0.39, 0.29) is 24.1 Å². The van der Waals surface area contributed by atoms with Crippen molar-refractivity contribution in [2.75, 3.05) is 0 Å². The minimum atomic E-state index is -0.587. The van der Waals surface area contributed by atoms with E-state index >= 15 is 0 Å². The first-order valence-electron chi connectivity index (χ1n) is 7.73. The van der Waals surface area contributed by atoms with Crippen molar-refractivity contribution in [3.05, 3.63) is 63.3 Å². The second-order valence-electron chi connectivity index (χ2n) is 5.30. The lowest BCUT2D eigenvalue weighted by Gasteiger charge is -2.06. The number of carbonyl (C=O) groups excluding carboxylic acids is 2. The number of amides is 2. The normalized spacial score (nSPS) is 10.4. The van der Waals surface area contributed by atoms with E-state index in [9.17, 15) is 19.7 Å². The summed E-state index contributed by atoms with van der Waals surface area (Å²) in [5, 5.41) is 16.3. The molecular formula is C16H13N5O5S. The van der Waals surface area contributed by atoms with Gasteiger partial charge in [-0.3, -0.25) is 30.6 Å². The maximum absolute atomic E-state index is 11.9. The number of aromatic nitrogens is 2. The first kappa shape index (κ1) is 18.2. The van der Waals surface area contributed by atoms with Crippen LogP contribution in [-0.2, 0) is 11.2 Å². The van der Waals surface area contributed by atoms with Crippen LogP contribution < -0.4 is 10.9 Å². The first-order chi connectivity index (χ1) is 13.0. The highest BCUT2D eigenvalue weighted by atomic mass is 32.1. The Bertz CT molecular complexity index is 952. The number of non-ortho nitro benzene ring substituents is 1. The molecule has 0 aliphatic rings. The topological polar surface area (TPSA) is 140 Å². The van der Waals surface area contributed by atoms with Gasteiger partial charge in [0.25, 0.3) is 11.6 Å². The Labute approximate surface area is 156 Å². The smallest absolute Gasteiger partial charge is 0.269 e. The van der Waals surface area contributed by atoms with Crippen molar-refractivity contribution in [3.63, 3.8) is 0 Å². The number of nitro groups is 1. The van der Waals surface area contributed by atoms with Crippen molar-refractivity contribution >= 4 is 28.8 Å². The predicted molar refractivity (Wildman–Crippen MR) is 94.6 cm³/mol. The Kier molecular flexibility index (Phi) is 5.52. The van der Waals surface area contributed by atoms with E-state index in [1.165, 1.54) is 35.6 Å². The van der Waals surface area contributed by atoms with Crippen LogP contribution in [0.15, 0.2) is 46.3 Å². The number of hydrogen-bond donors (Lipinski definition) is 2. The fraction of sp³-hybridized carbons (Fsp3) is 0.125. The highest BCUT2D eigenvalue weighted by molar-refractivity contribution is 7.13. The van der Waals surface area contributed by atoms with E-state index in [0.717, 1.165) is 4.88 Å². The molecule has 3 rings (SSSR count). The number of nitro benzene ring substituents is 1. The summed E-state index contributed by atoms with van der Waals surface area (Å²) in [6.07, 6.45) is 0.254. The van der Waals surface area contributed by atoms with Crippen molar-refractivity contribution in [3.8, 4) is 10.7 Å². The number of aryl methyl sites for hydroxylation is 1. The molecule has 0 radical (unpaired) electrons. The van der Waals surface area contributed by atoms with Crippen LogP contribution in [0, 0.1) is 10.1 Å². The van der Waals surface area contributed by atoms with Gasteiger partial charge in [0.15, 0.2) is 0 Å². The van der Waals surface area contributed by atoms with Gasteiger partial charge in [-0.2, -0.15) is 4.98 Å². The predicted octanol–water partition coefficient (Wildman–Crippen LogP) is 2.10. The van der Waals surface area contributed by atoms with E-state index in [2.05, 4.69) is 21.0 Å².